The number of hydrogen-bond acceptors (Lipinski definition) is 4. The summed E-state index contributed by atoms with van der Waals surface area (Å²) in [5, 5.41) is 0. The van der Waals surface area contributed by atoms with E-state index in [2.05, 4.69) is 37.6 Å². The van der Waals surface area contributed by atoms with E-state index >= 15 is 0 Å². The number of nitrogens with zero attached hydrogens (tertiary/aromatic N) is 1. The van der Waals surface area contributed by atoms with Crippen molar-refractivity contribution in [1.29, 1.82) is 0 Å². The van der Waals surface area contributed by atoms with Crippen molar-refractivity contribution in [2.75, 3.05) is 25.2 Å². The van der Waals surface area contributed by atoms with Crippen LogP contribution in [0.25, 0.3) is 0 Å². The number of benzene rings is 2. The van der Waals surface area contributed by atoms with Gasteiger partial charge in [0.15, 0.2) is 0 Å². The lowest BCUT2D eigenvalue weighted by Crippen LogP contribution is -2.25. The van der Waals surface area contributed by atoms with Gasteiger partial charge in [-0.05, 0) is 47.4 Å². The summed E-state index contributed by atoms with van der Waals surface area (Å²) in [6.45, 7) is 7.63. The van der Waals surface area contributed by atoms with Crippen LogP contribution in [0.5, 0.6) is 5.75 Å². The summed E-state index contributed by atoms with van der Waals surface area (Å²) in [6.07, 6.45) is 0.473. The van der Waals surface area contributed by atoms with Crippen LogP contribution in [0.2, 0.25) is 0 Å². The molecular formula is C23H27NO4. The fourth-order valence-electron chi connectivity index (χ4n) is 3.30. The molecule has 1 unspecified atom stereocenters. The predicted octanol–water partition coefficient (Wildman–Crippen LogP) is 4.20. The van der Waals surface area contributed by atoms with E-state index in [1.165, 1.54) is 12.7 Å². The Kier molecular flexibility index (Phi) is 5.73. The summed E-state index contributed by atoms with van der Waals surface area (Å²) in [5.74, 6) is 0.558. The van der Waals surface area contributed by atoms with Crippen molar-refractivity contribution in [3.8, 4) is 5.75 Å². The summed E-state index contributed by atoms with van der Waals surface area (Å²) in [6, 6.07) is 15.1. The molecule has 1 atom stereocenters. The Morgan fingerprint density at radius 3 is 2.29 bits per heavy atom. The van der Waals surface area contributed by atoms with Gasteiger partial charge in [0.05, 0.1) is 19.3 Å². The van der Waals surface area contributed by atoms with Gasteiger partial charge in [-0.25, -0.2) is 4.79 Å². The molecule has 0 aromatic heterocycles. The molecular weight excluding hydrogens is 354 g/mol. The Hall–Kier alpha value is -2.82. The minimum Gasteiger partial charge on any atom is -0.493 e. The third kappa shape index (κ3) is 4.53. The van der Waals surface area contributed by atoms with Crippen LogP contribution < -0.4 is 9.64 Å². The second-order valence-electron chi connectivity index (χ2n) is 8.20. The number of amides is 1. The molecule has 28 heavy (non-hydrogen) atoms. The number of carbonyl (C=O) groups is 2. The van der Waals surface area contributed by atoms with Crippen LogP contribution in [0.4, 0.5) is 5.69 Å². The lowest BCUT2D eigenvalue weighted by Gasteiger charge is -2.21. The smallest absolute Gasteiger partial charge is 0.337 e. The molecule has 0 saturated carbocycles. The van der Waals surface area contributed by atoms with Crippen LogP contribution in [0, 0.1) is 5.92 Å². The zero-order valence-electron chi connectivity index (χ0n) is 16.9. The Morgan fingerprint density at radius 2 is 1.71 bits per heavy atom. The normalized spacial score (nSPS) is 16.9. The lowest BCUT2D eigenvalue weighted by atomic mass is 9.87. The summed E-state index contributed by atoms with van der Waals surface area (Å²) in [4.78, 5) is 25.8. The molecule has 0 spiro atoms. The number of esters is 1. The molecule has 2 aromatic rings. The van der Waals surface area contributed by atoms with E-state index < -0.39 is 0 Å². The summed E-state index contributed by atoms with van der Waals surface area (Å²) in [5.41, 5.74) is 2.75. The lowest BCUT2D eigenvalue weighted by molar-refractivity contribution is -0.117. The first-order chi connectivity index (χ1) is 13.3. The van der Waals surface area contributed by atoms with Crippen LogP contribution in [-0.4, -0.2) is 32.1 Å². The number of ether oxygens (including phenoxy) is 2. The summed E-state index contributed by atoms with van der Waals surface area (Å²) >= 11 is 0. The Balaban J connectivity index is 1.58. The molecule has 148 valence electrons. The first kappa shape index (κ1) is 19.9. The van der Waals surface area contributed by atoms with Gasteiger partial charge in [-0.3, -0.25) is 4.79 Å². The molecule has 3 rings (SSSR count). The molecule has 5 heteroatoms. The van der Waals surface area contributed by atoms with Gasteiger partial charge < -0.3 is 14.4 Å². The van der Waals surface area contributed by atoms with E-state index in [9.17, 15) is 9.59 Å². The zero-order chi connectivity index (χ0) is 20.3. The molecule has 1 fully saturated rings. The quantitative estimate of drug-likeness (QED) is 0.729. The van der Waals surface area contributed by atoms with Crippen LogP contribution in [-0.2, 0) is 14.9 Å². The number of carbonyl (C=O) groups excluding carboxylic acids is 2. The number of anilines is 1. The molecule has 2 aromatic carbocycles. The van der Waals surface area contributed by atoms with Crippen LogP contribution in [0.1, 0.15) is 43.1 Å². The van der Waals surface area contributed by atoms with Crippen molar-refractivity contribution in [3.63, 3.8) is 0 Å². The zero-order valence-corrected chi connectivity index (χ0v) is 16.9. The molecule has 1 heterocycles. The molecule has 0 bridgehead atoms. The van der Waals surface area contributed by atoms with E-state index in [0.717, 1.165) is 5.69 Å². The molecule has 1 saturated heterocycles. The summed E-state index contributed by atoms with van der Waals surface area (Å²) in [7, 11) is 1.35. The van der Waals surface area contributed by atoms with E-state index in [-0.39, 0.29) is 23.2 Å². The van der Waals surface area contributed by atoms with Gasteiger partial charge >= 0.3 is 5.97 Å². The van der Waals surface area contributed by atoms with Crippen molar-refractivity contribution < 1.29 is 19.1 Å². The Morgan fingerprint density at radius 1 is 1.07 bits per heavy atom. The third-order valence-electron chi connectivity index (χ3n) is 5.01. The van der Waals surface area contributed by atoms with Gasteiger partial charge in [0.25, 0.3) is 0 Å². The average Bonchev–Trinajstić information content (AvgIpc) is 3.06. The molecule has 1 aliphatic heterocycles. The third-order valence-corrected chi connectivity index (χ3v) is 5.01. The van der Waals surface area contributed by atoms with Gasteiger partial charge in [0.2, 0.25) is 5.91 Å². The highest BCUT2D eigenvalue weighted by Gasteiger charge is 2.31. The first-order valence-electron chi connectivity index (χ1n) is 9.50. The molecule has 1 amide bonds. The maximum absolute atomic E-state index is 12.4. The van der Waals surface area contributed by atoms with Gasteiger partial charge in [-0.15, -0.1) is 0 Å². The molecule has 0 aliphatic carbocycles. The fraction of sp³-hybridized carbons (Fsp3) is 0.391. The molecule has 0 radical (unpaired) electrons. The van der Waals surface area contributed by atoms with E-state index in [4.69, 9.17) is 4.74 Å². The van der Waals surface area contributed by atoms with Crippen molar-refractivity contribution in [3.05, 3.63) is 59.7 Å². The van der Waals surface area contributed by atoms with Crippen molar-refractivity contribution in [2.24, 2.45) is 5.92 Å². The van der Waals surface area contributed by atoms with Crippen molar-refractivity contribution in [2.45, 2.75) is 32.6 Å². The van der Waals surface area contributed by atoms with Crippen molar-refractivity contribution >= 4 is 17.6 Å². The highest BCUT2D eigenvalue weighted by atomic mass is 16.5. The van der Waals surface area contributed by atoms with Crippen molar-refractivity contribution in [1.82, 2.24) is 0 Å². The maximum atomic E-state index is 12.4. The minimum atomic E-state index is -0.374. The average molecular weight is 381 g/mol. The standard InChI is InChI=1S/C23H27NO4/c1-23(2,3)18-7-9-19(10-8-18)24-14-16(13-21(24)25)15-28-20-11-5-17(6-12-20)22(26)27-4/h5-12,16H,13-15H2,1-4H3. The second kappa shape index (κ2) is 8.05. The topological polar surface area (TPSA) is 55.8 Å². The fourth-order valence-corrected chi connectivity index (χ4v) is 3.30. The monoisotopic (exact) mass is 381 g/mol. The van der Waals surface area contributed by atoms with E-state index in [1.54, 1.807) is 24.3 Å². The maximum Gasteiger partial charge on any atom is 0.337 e. The SMILES string of the molecule is COC(=O)c1ccc(OCC2CC(=O)N(c3ccc(C(C)(C)C)cc3)C2)cc1. The second-order valence-corrected chi connectivity index (χ2v) is 8.20. The van der Waals surface area contributed by atoms with Crippen LogP contribution in [0.15, 0.2) is 48.5 Å². The molecule has 0 N–H and O–H groups in total. The van der Waals surface area contributed by atoms with Gasteiger partial charge in [-0.2, -0.15) is 0 Å². The first-order valence-corrected chi connectivity index (χ1v) is 9.50. The van der Waals surface area contributed by atoms with Crippen LogP contribution in [0.3, 0.4) is 0 Å². The van der Waals surface area contributed by atoms with Crippen LogP contribution >= 0.6 is 0 Å². The molecule has 1 aliphatic rings. The highest BCUT2D eigenvalue weighted by Crippen LogP contribution is 2.29. The highest BCUT2D eigenvalue weighted by molar-refractivity contribution is 5.95. The van der Waals surface area contributed by atoms with E-state index in [0.29, 0.717) is 30.9 Å². The Labute approximate surface area is 166 Å². The van der Waals surface area contributed by atoms with Gasteiger partial charge in [-0.1, -0.05) is 32.9 Å². The minimum absolute atomic E-state index is 0.0906. The van der Waals surface area contributed by atoms with E-state index in [1.807, 2.05) is 17.0 Å². The number of methoxy groups -OCH3 is 1. The Bertz CT molecular complexity index is 834. The molecule has 5 nitrogen and oxygen atoms in total. The summed E-state index contributed by atoms with van der Waals surface area (Å²) < 4.78 is 10.5. The number of rotatable bonds is 5. The number of hydrogen-bond donors (Lipinski definition) is 0. The largest absolute Gasteiger partial charge is 0.493 e. The predicted molar refractivity (Wildman–Crippen MR) is 109 cm³/mol. The van der Waals surface area contributed by atoms with Gasteiger partial charge in [0, 0.05) is 24.6 Å². The van der Waals surface area contributed by atoms with Gasteiger partial charge in [0.1, 0.15) is 5.75 Å².